The van der Waals surface area contributed by atoms with Gasteiger partial charge in [-0.1, -0.05) is 72.8 Å². The molecule has 43 heavy (non-hydrogen) atoms. The highest BCUT2D eigenvalue weighted by atomic mass is 15.1. The van der Waals surface area contributed by atoms with E-state index in [0.29, 0.717) is 0 Å². The van der Waals surface area contributed by atoms with Gasteiger partial charge in [0.25, 0.3) is 0 Å². The third-order valence-corrected chi connectivity index (χ3v) is 8.96. The van der Waals surface area contributed by atoms with E-state index in [9.17, 15) is 0 Å². The van der Waals surface area contributed by atoms with Crippen molar-refractivity contribution in [2.45, 2.75) is 0 Å². The van der Waals surface area contributed by atoms with Crippen molar-refractivity contribution in [3.8, 4) is 11.4 Å². The van der Waals surface area contributed by atoms with Crippen molar-refractivity contribution in [2.24, 2.45) is 0 Å². The third kappa shape index (κ3) is 2.90. The zero-order chi connectivity index (χ0) is 28.1. The first-order valence-electron chi connectivity index (χ1n) is 14.5. The first kappa shape index (κ1) is 22.7. The Bertz CT molecular complexity index is 2710. The zero-order valence-electron chi connectivity index (χ0n) is 23.0. The van der Waals surface area contributed by atoms with E-state index in [1.807, 2.05) is 18.6 Å². The van der Waals surface area contributed by atoms with Crippen molar-refractivity contribution in [2.75, 3.05) is 0 Å². The Hall–Kier alpha value is -5.94. The lowest BCUT2D eigenvalue weighted by Crippen LogP contribution is -1.99. The second kappa shape index (κ2) is 8.30. The van der Waals surface area contributed by atoms with Crippen LogP contribution in [0, 0.1) is 0 Å². The summed E-state index contributed by atoms with van der Waals surface area (Å²) in [5.74, 6) is 0. The summed E-state index contributed by atoms with van der Waals surface area (Å²) in [6, 6.07) is 41.4. The zero-order valence-corrected chi connectivity index (χ0v) is 23.0. The van der Waals surface area contributed by atoms with Gasteiger partial charge in [-0.3, -0.25) is 9.38 Å². The van der Waals surface area contributed by atoms with Gasteiger partial charge in [-0.05, 0) is 42.5 Å². The van der Waals surface area contributed by atoms with Crippen LogP contribution in [0.4, 0.5) is 0 Å². The predicted octanol–water partition coefficient (Wildman–Crippen LogP) is 9.23. The number of rotatable bonds is 2. The smallest absolute Gasteiger partial charge is 0.145 e. The van der Waals surface area contributed by atoms with Crippen molar-refractivity contribution in [3.05, 3.63) is 140 Å². The minimum atomic E-state index is 0.943. The lowest BCUT2D eigenvalue weighted by atomic mass is 10.0. The molecule has 0 N–H and O–H groups in total. The van der Waals surface area contributed by atoms with E-state index in [-0.39, 0.29) is 0 Å². The molecule has 0 unspecified atom stereocenters. The Morgan fingerprint density at radius 1 is 0.442 bits per heavy atom. The van der Waals surface area contributed by atoms with Crippen LogP contribution in [0.15, 0.2) is 140 Å². The monoisotopic (exact) mass is 549 g/mol. The number of nitrogens with zero attached hydrogens (tertiary/aromatic N) is 5. The van der Waals surface area contributed by atoms with Crippen molar-refractivity contribution in [1.29, 1.82) is 0 Å². The summed E-state index contributed by atoms with van der Waals surface area (Å²) in [5.41, 5.74) is 9.07. The van der Waals surface area contributed by atoms with Gasteiger partial charge in [-0.15, -0.1) is 0 Å². The summed E-state index contributed by atoms with van der Waals surface area (Å²) in [5, 5.41) is 8.27. The molecule has 5 aromatic carbocycles. The number of fused-ring (bicyclic) bond motifs is 14. The maximum Gasteiger partial charge on any atom is 0.145 e. The Morgan fingerprint density at radius 2 is 1.09 bits per heavy atom. The predicted molar refractivity (Wildman–Crippen MR) is 177 cm³/mol. The molecule has 0 saturated carbocycles. The molecular weight excluding hydrogens is 526 g/mol. The summed E-state index contributed by atoms with van der Waals surface area (Å²) in [4.78, 5) is 9.34. The van der Waals surface area contributed by atoms with E-state index in [1.165, 1.54) is 49.0 Å². The van der Waals surface area contributed by atoms with Gasteiger partial charge in [0.1, 0.15) is 5.65 Å². The fourth-order valence-electron chi connectivity index (χ4n) is 7.26. The van der Waals surface area contributed by atoms with Crippen LogP contribution in [-0.4, -0.2) is 23.5 Å². The van der Waals surface area contributed by atoms with Crippen molar-refractivity contribution < 1.29 is 0 Å². The van der Waals surface area contributed by atoms with Crippen LogP contribution >= 0.6 is 0 Å². The summed E-state index contributed by atoms with van der Waals surface area (Å²) < 4.78 is 7.12. The number of para-hydroxylation sites is 3. The molecule has 10 aromatic rings. The Balaban J connectivity index is 1.55. The van der Waals surface area contributed by atoms with E-state index in [4.69, 9.17) is 4.98 Å². The molecule has 10 rings (SSSR count). The fourth-order valence-corrected chi connectivity index (χ4v) is 7.26. The normalized spacial score (nSPS) is 12.2. The number of aromatic nitrogens is 5. The van der Waals surface area contributed by atoms with Gasteiger partial charge in [0.05, 0.1) is 27.6 Å². The molecule has 0 amide bonds. The molecule has 0 aliphatic rings. The lowest BCUT2D eigenvalue weighted by molar-refractivity contribution is 1.15. The highest BCUT2D eigenvalue weighted by Crippen LogP contribution is 2.44. The number of hydrogen-bond acceptors (Lipinski definition) is 2. The van der Waals surface area contributed by atoms with Gasteiger partial charge in [-0.25, -0.2) is 4.98 Å². The molecular formula is C38H23N5. The molecule has 5 heteroatoms. The summed E-state index contributed by atoms with van der Waals surface area (Å²) in [6.07, 6.45) is 7.80. The first-order valence-corrected chi connectivity index (χ1v) is 14.5. The third-order valence-electron chi connectivity index (χ3n) is 8.96. The van der Waals surface area contributed by atoms with Gasteiger partial charge >= 0.3 is 0 Å². The van der Waals surface area contributed by atoms with Crippen LogP contribution in [0.5, 0.6) is 0 Å². The minimum absolute atomic E-state index is 0.943. The maximum atomic E-state index is 4.74. The van der Waals surface area contributed by atoms with Crippen LogP contribution in [0.1, 0.15) is 0 Å². The van der Waals surface area contributed by atoms with Crippen LogP contribution < -0.4 is 0 Å². The van der Waals surface area contributed by atoms with E-state index >= 15 is 0 Å². The molecule has 0 aliphatic heterocycles. The standard InChI is InChI=1S/C38H23N5/c1-3-9-24(10-4-1)42-32-14-8-7-13-26(32)27-15-16-29-28-17-18-33-34(31-23-39-20-19-30(31)38-40-21-22-41(33)38)35(28)43(37(29)36(27)42)25-11-5-2-6-12-25/h1-23H. The summed E-state index contributed by atoms with van der Waals surface area (Å²) in [6.45, 7) is 0. The molecule has 0 bridgehead atoms. The van der Waals surface area contributed by atoms with Crippen LogP contribution in [0.25, 0.3) is 82.3 Å². The van der Waals surface area contributed by atoms with Crippen molar-refractivity contribution in [3.63, 3.8) is 0 Å². The summed E-state index contributed by atoms with van der Waals surface area (Å²) >= 11 is 0. The van der Waals surface area contributed by atoms with Crippen LogP contribution in [0.3, 0.4) is 0 Å². The quantitative estimate of drug-likeness (QED) is 0.202. The first-order chi connectivity index (χ1) is 21.4. The molecule has 5 heterocycles. The minimum Gasteiger partial charge on any atom is -0.307 e. The number of pyridine rings is 2. The molecule has 0 spiro atoms. The van der Waals surface area contributed by atoms with E-state index < -0.39 is 0 Å². The molecule has 5 nitrogen and oxygen atoms in total. The van der Waals surface area contributed by atoms with E-state index in [0.717, 1.165) is 33.3 Å². The molecule has 0 aliphatic carbocycles. The Morgan fingerprint density at radius 3 is 1.91 bits per heavy atom. The number of hydrogen-bond donors (Lipinski definition) is 0. The number of imidazole rings is 1. The summed E-state index contributed by atoms with van der Waals surface area (Å²) in [7, 11) is 0. The van der Waals surface area contributed by atoms with Crippen molar-refractivity contribution >= 4 is 70.9 Å². The molecule has 200 valence electrons. The van der Waals surface area contributed by atoms with Gasteiger partial charge < -0.3 is 9.13 Å². The second-order valence-electron chi connectivity index (χ2n) is 11.1. The van der Waals surface area contributed by atoms with Crippen LogP contribution in [0.2, 0.25) is 0 Å². The lowest BCUT2D eigenvalue weighted by Gasteiger charge is -2.14. The average molecular weight is 550 g/mol. The largest absolute Gasteiger partial charge is 0.307 e. The van der Waals surface area contributed by atoms with Gasteiger partial charge in [0.15, 0.2) is 0 Å². The van der Waals surface area contributed by atoms with Gasteiger partial charge in [0.2, 0.25) is 0 Å². The van der Waals surface area contributed by atoms with Crippen LogP contribution in [-0.2, 0) is 0 Å². The number of benzene rings is 5. The van der Waals surface area contributed by atoms with Crippen molar-refractivity contribution in [1.82, 2.24) is 23.5 Å². The SMILES string of the molecule is c1ccc(-n2c3ccccc3c3ccc4c5ccc6c(c7cnccc7c7nccn67)c5n(-c5ccccc5)c4c32)cc1. The highest BCUT2D eigenvalue weighted by Gasteiger charge is 2.23. The average Bonchev–Trinajstić information content (AvgIpc) is 3.78. The van der Waals surface area contributed by atoms with Gasteiger partial charge in [0, 0.05) is 73.9 Å². The second-order valence-corrected chi connectivity index (χ2v) is 11.1. The van der Waals surface area contributed by atoms with E-state index in [1.54, 1.807) is 0 Å². The Labute approximate surface area is 245 Å². The molecule has 0 fully saturated rings. The molecule has 0 saturated heterocycles. The molecule has 0 radical (unpaired) electrons. The van der Waals surface area contributed by atoms with Gasteiger partial charge in [-0.2, -0.15) is 0 Å². The highest BCUT2D eigenvalue weighted by molar-refractivity contribution is 6.30. The van der Waals surface area contributed by atoms with E-state index in [2.05, 4.69) is 140 Å². The topological polar surface area (TPSA) is 40.1 Å². The molecule has 5 aromatic heterocycles. The maximum absolute atomic E-state index is 4.74. The molecule has 0 atom stereocenters. The Kier molecular flexibility index (Phi) is 4.39. The fraction of sp³-hybridized carbons (Fsp3) is 0.